The van der Waals surface area contributed by atoms with Crippen molar-refractivity contribution in [3.63, 3.8) is 0 Å². The zero-order valence-corrected chi connectivity index (χ0v) is 16.1. The van der Waals surface area contributed by atoms with Gasteiger partial charge >= 0.3 is 0 Å². The summed E-state index contributed by atoms with van der Waals surface area (Å²) in [5.74, 6) is 0.656. The molecule has 0 unspecified atom stereocenters. The molecule has 1 fully saturated rings. The average molecular weight is 390 g/mol. The van der Waals surface area contributed by atoms with Gasteiger partial charge in [0.05, 0.1) is 30.9 Å². The van der Waals surface area contributed by atoms with Crippen LogP contribution in [0.4, 0.5) is 5.69 Å². The number of rotatable bonds is 5. The van der Waals surface area contributed by atoms with E-state index in [4.69, 9.17) is 9.47 Å². The topological polar surface area (TPSA) is 88.4 Å². The van der Waals surface area contributed by atoms with Crippen LogP contribution >= 0.6 is 0 Å². The molecule has 144 valence electrons. The Labute approximate surface area is 158 Å². The summed E-state index contributed by atoms with van der Waals surface area (Å²) in [6.07, 6.45) is 1.49. The summed E-state index contributed by atoms with van der Waals surface area (Å²) in [6.45, 7) is 3.32. The largest absolute Gasteiger partial charge is 0.507 e. The minimum Gasteiger partial charge on any atom is -0.507 e. The highest BCUT2D eigenvalue weighted by molar-refractivity contribution is 7.89. The second-order valence-electron chi connectivity index (χ2n) is 6.15. The second kappa shape index (κ2) is 8.08. The lowest BCUT2D eigenvalue weighted by Gasteiger charge is -2.26. The molecule has 0 bridgehead atoms. The summed E-state index contributed by atoms with van der Waals surface area (Å²) in [5, 5.41) is 9.97. The summed E-state index contributed by atoms with van der Waals surface area (Å²) in [7, 11) is -2.05. The first-order valence-corrected chi connectivity index (χ1v) is 9.95. The molecule has 0 spiro atoms. The Morgan fingerprint density at radius 3 is 2.63 bits per heavy atom. The highest BCUT2D eigenvalue weighted by atomic mass is 32.2. The normalized spacial score (nSPS) is 15.9. The quantitative estimate of drug-likeness (QED) is 0.793. The van der Waals surface area contributed by atoms with Crippen LogP contribution in [0.2, 0.25) is 0 Å². The van der Waals surface area contributed by atoms with E-state index in [1.165, 1.54) is 23.7 Å². The van der Waals surface area contributed by atoms with Gasteiger partial charge in [0, 0.05) is 24.9 Å². The fourth-order valence-corrected chi connectivity index (χ4v) is 4.16. The molecular formula is C19H22N2O5S. The summed E-state index contributed by atoms with van der Waals surface area (Å²) in [5.41, 5.74) is 1.83. The zero-order valence-electron chi connectivity index (χ0n) is 15.3. The van der Waals surface area contributed by atoms with Crippen LogP contribution in [0.15, 0.2) is 46.3 Å². The first-order valence-electron chi connectivity index (χ1n) is 8.51. The maximum atomic E-state index is 12.8. The number of hydrogen-bond donors (Lipinski definition) is 1. The molecular weight excluding hydrogens is 368 g/mol. The number of morpholine rings is 1. The van der Waals surface area contributed by atoms with E-state index in [0.29, 0.717) is 43.3 Å². The van der Waals surface area contributed by atoms with Crippen LogP contribution < -0.4 is 4.74 Å². The van der Waals surface area contributed by atoms with Crippen LogP contribution in [0.5, 0.6) is 11.5 Å². The number of benzene rings is 2. The molecule has 1 saturated heterocycles. The standard InChI is InChI=1S/C19H22N2O5S/c1-14-3-5-17(27(23,24)21-7-9-26-10-8-21)12-18(14)20-13-15-11-16(25-2)4-6-19(15)22/h3-6,11-13,22H,7-10H2,1-2H3. The van der Waals surface area contributed by atoms with E-state index in [9.17, 15) is 13.5 Å². The van der Waals surface area contributed by atoms with Crippen molar-refractivity contribution >= 4 is 21.9 Å². The van der Waals surface area contributed by atoms with E-state index in [2.05, 4.69) is 4.99 Å². The van der Waals surface area contributed by atoms with E-state index in [1.54, 1.807) is 30.3 Å². The number of aryl methyl sites for hydroxylation is 1. The lowest BCUT2D eigenvalue weighted by molar-refractivity contribution is 0.0730. The Morgan fingerprint density at radius 2 is 1.93 bits per heavy atom. The third kappa shape index (κ3) is 4.29. The number of aromatic hydroxyl groups is 1. The van der Waals surface area contributed by atoms with Gasteiger partial charge in [0.25, 0.3) is 0 Å². The molecule has 1 heterocycles. The van der Waals surface area contributed by atoms with Gasteiger partial charge in [0.2, 0.25) is 10.0 Å². The van der Waals surface area contributed by atoms with E-state index in [-0.39, 0.29) is 10.6 Å². The molecule has 0 atom stereocenters. The molecule has 0 aromatic heterocycles. The zero-order chi connectivity index (χ0) is 19.4. The van der Waals surface area contributed by atoms with Crippen molar-refractivity contribution in [1.29, 1.82) is 0 Å². The van der Waals surface area contributed by atoms with E-state index in [1.807, 2.05) is 6.92 Å². The summed E-state index contributed by atoms with van der Waals surface area (Å²) >= 11 is 0. The summed E-state index contributed by atoms with van der Waals surface area (Å²) in [6, 6.07) is 9.68. The average Bonchev–Trinajstić information content (AvgIpc) is 2.69. The Bertz CT molecular complexity index is 951. The van der Waals surface area contributed by atoms with Crippen LogP contribution in [0.25, 0.3) is 0 Å². The number of hydrogen-bond acceptors (Lipinski definition) is 6. The smallest absolute Gasteiger partial charge is 0.243 e. The van der Waals surface area contributed by atoms with Gasteiger partial charge in [-0.15, -0.1) is 0 Å². The number of phenolic OH excluding ortho intramolecular Hbond substituents is 1. The first kappa shape index (κ1) is 19.3. The maximum Gasteiger partial charge on any atom is 0.243 e. The fraction of sp³-hybridized carbons (Fsp3) is 0.316. The number of aliphatic imine (C=N–C) groups is 1. The third-order valence-electron chi connectivity index (χ3n) is 4.37. The summed E-state index contributed by atoms with van der Waals surface area (Å²) < 4.78 is 37.4. The Hall–Kier alpha value is -2.42. The van der Waals surface area contributed by atoms with Gasteiger partial charge in [-0.25, -0.2) is 8.42 Å². The maximum absolute atomic E-state index is 12.8. The van der Waals surface area contributed by atoms with Gasteiger partial charge in [-0.1, -0.05) is 6.07 Å². The minimum absolute atomic E-state index is 0.0642. The molecule has 0 amide bonds. The molecule has 1 aliphatic heterocycles. The molecule has 0 radical (unpaired) electrons. The number of ether oxygens (including phenoxy) is 2. The van der Waals surface area contributed by atoms with Gasteiger partial charge < -0.3 is 14.6 Å². The molecule has 3 rings (SSSR count). The Kier molecular flexibility index (Phi) is 5.79. The van der Waals surface area contributed by atoms with Crippen molar-refractivity contribution in [3.05, 3.63) is 47.5 Å². The van der Waals surface area contributed by atoms with Crippen molar-refractivity contribution in [1.82, 2.24) is 4.31 Å². The van der Waals surface area contributed by atoms with Crippen molar-refractivity contribution in [3.8, 4) is 11.5 Å². The third-order valence-corrected chi connectivity index (χ3v) is 6.26. The molecule has 1 aliphatic rings. The van der Waals surface area contributed by atoms with Crippen LogP contribution in [-0.2, 0) is 14.8 Å². The summed E-state index contributed by atoms with van der Waals surface area (Å²) in [4.78, 5) is 4.58. The number of nitrogens with zero attached hydrogens (tertiary/aromatic N) is 2. The first-order chi connectivity index (χ1) is 12.9. The van der Waals surface area contributed by atoms with Crippen LogP contribution in [-0.4, -0.2) is 57.5 Å². The van der Waals surface area contributed by atoms with Crippen molar-refractivity contribution in [2.45, 2.75) is 11.8 Å². The number of sulfonamides is 1. The minimum atomic E-state index is -3.59. The molecule has 7 nitrogen and oxygen atoms in total. The van der Waals surface area contributed by atoms with Gasteiger partial charge in [-0.3, -0.25) is 4.99 Å². The van der Waals surface area contributed by atoms with Crippen LogP contribution in [0.1, 0.15) is 11.1 Å². The SMILES string of the molecule is COc1ccc(O)c(C=Nc2cc(S(=O)(=O)N3CCOCC3)ccc2C)c1. The predicted octanol–water partition coefficient (Wildman–Crippen LogP) is 2.48. The lowest BCUT2D eigenvalue weighted by atomic mass is 10.2. The molecule has 8 heteroatoms. The molecule has 1 N–H and O–H groups in total. The van der Waals surface area contributed by atoms with Gasteiger partial charge in [-0.05, 0) is 42.8 Å². The molecule has 0 aliphatic carbocycles. The van der Waals surface area contributed by atoms with E-state index < -0.39 is 10.0 Å². The predicted molar refractivity (Wildman–Crippen MR) is 103 cm³/mol. The second-order valence-corrected chi connectivity index (χ2v) is 8.09. The monoisotopic (exact) mass is 390 g/mol. The van der Waals surface area contributed by atoms with Gasteiger partial charge in [-0.2, -0.15) is 4.31 Å². The van der Waals surface area contributed by atoms with Crippen LogP contribution in [0.3, 0.4) is 0 Å². The molecule has 0 saturated carbocycles. The van der Waals surface area contributed by atoms with Crippen LogP contribution in [0, 0.1) is 6.92 Å². The van der Waals surface area contributed by atoms with E-state index >= 15 is 0 Å². The lowest BCUT2D eigenvalue weighted by Crippen LogP contribution is -2.40. The highest BCUT2D eigenvalue weighted by Gasteiger charge is 2.26. The van der Waals surface area contributed by atoms with E-state index in [0.717, 1.165) is 5.56 Å². The number of methoxy groups -OCH3 is 1. The van der Waals surface area contributed by atoms with Crippen molar-refractivity contribution in [2.75, 3.05) is 33.4 Å². The Morgan fingerprint density at radius 1 is 1.19 bits per heavy atom. The molecule has 27 heavy (non-hydrogen) atoms. The van der Waals surface area contributed by atoms with Gasteiger partial charge in [0.1, 0.15) is 11.5 Å². The molecule has 2 aromatic rings. The molecule has 2 aromatic carbocycles. The highest BCUT2D eigenvalue weighted by Crippen LogP contribution is 2.27. The fourth-order valence-electron chi connectivity index (χ4n) is 2.73. The Balaban J connectivity index is 1.92. The van der Waals surface area contributed by atoms with Crippen molar-refractivity contribution in [2.24, 2.45) is 4.99 Å². The van der Waals surface area contributed by atoms with Gasteiger partial charge in [0.15, 0.2) is 0 Å². The number of phenols is 1. The van der Waals surface area contributed by atoms with Crippen molar-refractivity contribution < 1.29 is 23.0 Å².